The molecule has 3 rings (SSSR count). The van der Waals surface area contributed by atoms with Gasteiger partial charge in [-0.05, 0) is 35.9 Å². The van der Waals surface area contributed by atoms with E-state index in [0.29, 0.717) is 5.41 Å². The van der Waals surface area contributed by atoms with Gasteiger partial charge < -0.3 is 0 Å². The fraction of sp³-hybridized carbons (Fsp3) is 0.438. The van der Waals surface area contributed by atoms with Crippen LogP contribution in [0.5, 0.6) is 0 Å². The van der Waals surface area contributed by atoms with Gasteiger partial charge in [0.15, 0.2) is 0 Å². The van der Waals surface area contributed by atoms with Crippen LogP contribution in [0.1, 0.15) is 38.2 Å². The van der Waals surface area contributed by atoms with E-state index in [9.17, 15) is 0 Å². The van der Waals surface area contributed by atoms with Crippen molar-refractivity contribution in [1.29, 1.82) is 0 Å². The van der Waals surface area contributed by atoms with E-state index in [-0.39, 0.29) is 21.1 Å². The van der Waals surface area contributed by atoms with Gasteiger partial charge in [0.1, 0.15) is 0 Å². The van der Waals surface area contributed by atoms with Crippen LogP contribution in [0.15, 0.2) is 36.7 Å². The summed E-state index contributed by atoms with van der Waals surface area (Å²) in [6.07, 6.45) is 10.8. The molecule has 0 radical (unpaired) electrons. The second-order valence-corrected chi connectivity index (χ2v) is 5.74. The van der Waals surface area contributed by atoms with Gasteiger partial charge >= 0.3 is 0 Å². The van der Waals surface area contributed by atoms with Gasteiger partial charge in [-0.2, -0.15) is 29.4 Å². The fourth-order valence-electron chi connectivity index (χ4n) is 3.01. The maximum absolute atomic E-state index is 4.45. The van der Waals surface area contributed by atoms with E-state index >= 15 is 0 Å². The van der Waals surface area contributed by atoms with E-state index in [2.05, 4.69) is 24.3 Å². The Morgan fingerprint density at radius 3 is 2.79 bits per heavy atom. The van der Waals surface area contributed by atoms with Crippen LogP contribution >= 0.6 is 0 Å². The summed E-state index contributed by atoms with van der Waals surface area (Å²) in [7, 11) is 0. The second-order valence-electron chi connectivity index (χ2n) is 5.74. The summed E-state index contributed by atoms with van der Waals surface area (Å²) in [6.45, 7) is 2.41. The van der Waals surface area contributed by atoms with Crippen molar-refractivity contribution in [3.05, 3.63) is 48.3 Å². The van der Waals surface area contributed by atoms with Crippen LogP contribution < -0.4 is 0 Å². The molecule has 1 heterocycles. The van der Waals surface area contributed by atoms with Crippen LogP contribution in [0.4, 0.5) is 0 Å². The molecule has 0 saturated heterocycles. The maximum atomic E-state index is 4.45. The van der Waals surface area contributed by atoms with E-state index in [1.165, 1.54) is 31.2 Å². The number of nitrogens with zero attached hydrogens (tertiary/aromatic N) is 2. The number of para-hydroxylation sites is 1. The summed E-state index contributed by atoms with van der Waals surface area (Å²) >= 11 is 0. The number of hydrogen-bond donors (Lipinski definition) is 0. The van der Waals surface area contributed by atoms with Gasteiger partial charge in [0.25, 0.3) is 0 Å². The van der Waals surface area contributed by atoms with Gasteiger partial charge in [0, 0.05) is 27.3 Å². The zero-order valence-electron chi connectivity index (χ0n) is 11.2. The molecule has 1 aromatic heterocycles. The SMILES string of the molecule is CC1(Cc2cnn(-c3[c-]cccc3)c2)CCCC1.[Pt]. The average molecular weight is 434 g/mol. The van der Waals surface area contributed by atoms with Gasteiger partial charge in [-0.15, -0.1) is 6.07 Å². The van der Waals surface area contributed by atoms with Crippen LogP contribution in [0.3, 0.4) is 0 Å². The minimum atomic E-state index is 0. The molecule has 0 amide bonds. The van der Waals surface area contributed by atoms with Crippen molar-refractivity contribution in [3.63, 3.8) is 0 Å². The minimum absolute atomic E-state index is 0. The molecular weight excluding hydrogens is 415 g/mol. The fourth-order valence-corrected chi connectivity index (χ4v) is 3.01. The number of rotatable bonds is 3. The summed E-state index contributed by atoms with van der Waals surface area (Å²) in [6, 6.07) is 11.2. The van der Waals surface area contributed by atoms with Gasteiger partial charge in [-0.25, -0.2) is 0 Å². The monoisotopic (exact) mass is 434 g/mol. The van der Waals surface area contributed by atoms with Crippen molar-refractivity contribution in [2.45, 2.75) is 39.0 Å². The summed E-state index contributed by atoms with van der Waals surface area (Å²) < 4.78 is 1.92. The number of hydrogen-bond acceptors (Lipinski definition) is 1. The Labute approximate surface area is 129 Å². The van der Waals surface area contributed by atoms with Crippen LogP contribution in [0, 0.1) is 11.5 Å². The van der Waals surface area contributed by atoms with Crippen LogP contribution in [-0.2, 0) is 27.5 Å². The first kappa shape index (κ1) is 14.5. The number of benzene rings is 1. The summed E-state index contributed by atoms with van der Waals surface area (Å²) in [4.78, 5) is 0. The molecular formula is C16H19N2Pt-. The normalized spacial score (nSPS) is 17.1. The molecule has 1 aliphatic rings. The predicted molar refractivity (Wildman–Crippen MR) is 72.7 cm³/mol. The van der Waals surface area contributed by atoms with Gasteiger partial charge in [-0.3, -0.25) is 4.68 Å². The molecule has 1 aromatic carbocycles. The van der Waals surface area contributed by atoms with Crippen molar-refractivity contribution in [1.82, 2.24) is 9.78 Å². The Balaban J connectivity index is 0.00000133. The van der Waals surface area contributed by atoms with E-state index in [1.54, 1.807) is 0 Å². The smallest absolute Gasteiger partial charge is 0.0525 e. The molecule has 0 spiro atoms. The Morgan fingerprint density at radius 1 is 1.32 bits per heavy atom. The van der Waals surface area contributed by atoms with E-state index in [0.717, 1.165) is 12.1 Å². The first-order valence-electron chi connectivity index (χ1n) is 6.76. The third-order valence-corrected chi connectivity index (χ3v) is 4.02. The molecule has 2 aromatic rings. The van der Waals surface area contributed by atoms with Crippen molar-refractivity contribution in [2.75, 3.05) is 0 Å². The third kappa shape index (κ3) is 3.36. The van der Waals surface area contributed by atoms with Gasteiger partial charge in [0.2, 0.25) is 0 Å². The molecule has 19 heavy (non-hydrogen) atoms. The molecule has 0 atom stereocenters. The maximum Gasteiger partial charge on any atom is 0.0525 e. The molecule has 0 aliphatic heterocycles. The van der Waals surface area contributed by atoms with E-state index in [1.807, 2.05) is 35.1 Å². The van der Waals surface area contributed by atoms with Crippen molar-refractivity contribution >= 4 is 0 Å². The zero-order valence-corrected chi connectivity index (χ0v) is 13.5. The Hall–Kier alpha value is -0.882. The van der Waals surface area contributed by atoms with Crippen molar-refractivity contribution < 1.29 is 21.1 Å². The van der Waals surface area contributed by atoms with Crippen LogP contribution in [-0.4, -0.2) is 9.78 Å². The molecule has 2 nitrogen and oxygen atoms in total. The summed E-state index contributed by atoms with van der Waals surface area (Å²) in [5.41, 5.74) is 2.85. The van der Waals surface area contributed by atoms with Gasteiger partial charge in [-0.1, -0.05) is 19.8 Å². The standard InChI is InChI=1S/C16H19N2.Pt/c1-16(9-5-6-10-16)11-14-12-17-18(13-14)15-7-3-2-4-8-15;/h2-4,7,12-13H,5-6,9-11H2,1H3;/q-1;. The molecule has 3 heteroatoms. The molecule has 0 unspecified atom stereocenters. The van der Waals surface area contributed by atoms with Gasteiger partial charge in [0.05, 0.1) is 6.20 Å². The van der Waals surface area contributed by atoms with E-state index in [4.69, 9.17) is 0 Å². The predicted octanol–water partition coefficient (Wildman–Crippen LogP) is 3.79. The van der Waals surface area contributed by atoms with Crippen molar-refractivity contribution in [3.8, 4) is 5.69 Å². The zero-order chi connectivity index (χ0) is 12.4. The Kier molecular flexibility index (Phi) is 4.62. The molecule has 1 aliphatic carbocycles. The quantitative estimate of drug-likeness (QED) is 0.673. The average Bonchev–Trinajstić information content (AvgIpc) is 3.00. The van der Waals surface area contributed by atoms with Crippen molar-refractivity contribution in [2.24, 2.45) is 5.41 Å². The Morgan fingerprint density at radius 2 is 2.11 bits per heavy atom. The van der Waals surface area contributed by atoms with E-state index < -0.39 is 0 Å². The second kappa shape index (κ2) is 6.05. The largest absolute Gasteiger partial charge is 0.265 e. The molecule has 1 saturated carbocycles. The minimum Gasteiger partial charge on any atom is -0.265 e. The summed E-state index contributed by atoms with van der Waals surface area (Å²) in [5, 5.41) is 4.45. The topological polar surface area (TPSA) is 17.8 Å². The van der Waals surface area contributed by atoms with Crippen LogP contribution in [0.25, 0.3) is 5.69 Å². The molecule has 1 fully saturated rings. The molecule has 104 valence electrons. The third-order valence-electron chi connectivity index (χ3n) is 4.02. The molecule has 0 N–H and O–H groups in total. The number of aromatic nitrogens is 2. The summed E-state index contributed by atoms with van der Waals surface area (Å²) in [5.74, 6) is 0. The molecule has 0 bridgehead atoms. The van der Waals surface area contributed by atoms with Crippen LogP contribution in [0.2, 0.25) is 0 Å². The first-order valence-corrected chi connectivity index (χ1v) is 6.76. The Bertz CT molecular complexity index is 513. The first-order chi connectivity index (χ1) is 8.75.